The van der Waals surface area contributed by atoms with Crippen LogP contribution in [0.15, 0.2) is 45.8 Å². The molecule has 1 aliphatic rings. The lowest BCUT2D eigenvalue weighted by Crippen LogP contribution is -2.45. The van der Waals surface area contributed by atoms with Crippen molar-refractivity contribution in [3.05, 3.63) is 53.9 Å². The maximum atomic E-state index is 13.5. The molecule has 0 atom stereocenters. The van der Waals surface area contributed by atoms with Crippen LogP contribution in [0.4, 0.5) is 14.5 Å². The molecule has 0 unspecified atom stereocenters. The van der Waals surface area contributed by atoms with Gasteiger partial charge in [0.05, 0.1) is 5.69 Å². The van der Waals surface area contributed by atoms with Gasteiger partial charge in [-0.2, -0.15) is 8.42 Å². The Morgan fingerprint density at radius 3 is 2.55 bits per heavy atom. The number of halogens is 2. The molecular weight excluding hydrogens is 314 g/mol. The molecule has 2 heterocycles. The molecule has 22 heavy (non-hydrogen) atoms. The third-order valence-corrected chi connectivity index (χ3v) is 4.35. The molecule has 2 aromatic rings. The molecule has 0 saturated heterocycles. The van der Waals surface area contributed by atoms with Crippen LogP contribution < -0.4 is 10.4 Å². The van der Waals surface area contributed by atoms with Crippen LogP contribution in [0.3, 0.4) is 0 Å². The van der Waals surface area contributed by atoms with E-state index in [0.717, 1.165) is 6.07 Å². The summed E-state index contributed by atoms with van der Waals surface area (Å²) in [4.78, 5) is 3.62. The van der Waals surface area contributed by atoms with E-state index in [1.54, 1.807) is 18.2 Å². The number of hydrogen-bond acceptors (Lipinski definition) is 5. The Hall–Kier alpha value is -2.39. The Kier molecular flexibility index (Phi) is 3.38. The summed E-state index contributed by atoms with van der Waals surface area (Å²) in [6.07, 6.45) is 1.47. The molecule has 9 heteroatoms. The lowest BCUT2D eigenvalue weighted by molar-refractivity contribution is 0.504. The molecule has 1 N–H and O–H groups in total. The molecule has 0 spiro atoms. The summed E-state index contributed by atoms with van der Waals surface area (Å²) >= 11 is 0. The number of nitrogens with one attached hydrogen (secondary N) is 1. The van der Waals surface area contributed by atoms with Gasteiger partial charge in [0.25, 0.3) is 10.0 Å². The number of aromatic nitrogens is 1. The van der Waals surface area contributed by atoms with Gasteiger partial charge >= 0.3 is 0 Å². The van der Waals surface area contributed by atoms with E-state index in [9.17, 15) is 17.2 Å². The Morgan fingerprint density at radius 1 is 1.18 bits per heavy atom. The predicted octanol–water partition coefficient (Wildman–Crippen LogP) is 1.45. The largest absolute Gasteiger partial charge is 0.286 e. The Bertz CT molecular complexity index is 869. The second kappa shape index (κ2) is 5.11. The zero-order valence-electron chi connectivity index (χ0n) is 11.3. The van der Waals surface area contributed by atoms with Crippen molar-refractivity contribution in [2.45, 2.75) is 4.90 Å². The lowest BCUT2D eigenvalue weighted by atomic mass is 10.2. The highest BCUT2D eigenvalue weighted by atomic mass is 32.2. The van der Waals surface area contributed by atoms with Gasteiger partial charge in [0.15, 0.2) is 17.5 Å². The van der Waals surface area contributed by atoms with Crippen LogP contribution in [0.25, 0.3) is 0 Å². The molecule has 3 rings (SSSR count). The number of hydrazine groups is 1. The van der Waals surface area contributed by atoms with Gasteiger partial charge in [-0.25, -0.2) is 14.2 Å². The van der Waals surface area contributed by atoms with E-state index in [-0.39, 0.29) is 17.2 Å². The number of benzene rings is 1. The second-order valence-electron chi connectivity index (χ2n) is 4.40. The highest BCUT2D eigenvalue weighted by Gasteiger charge is 2.33. The van der Waals surface area contributed by atoms with Gasteiger partial charge in [0.1, 0.15) is 10.6 Å². The molecule has 0 aliphatic carbocycles. The van der Waals surface area contributed by atoms with Gasteiger partial charge in [-0.15, -0.1) is 4.40 Å². The van der Waals surface area contributed by atoms with Crippen molar-refractivity contribution >= 4 is 21.5 Å². The topological polar surface area (TPSA) is 74.7 Å². The Balaban J connectivity index is 2.28. The van der Waals surface area contributed by atoms with Gasteiger partial charge in [0.2, 0.25) is 0 Å². The lowest BCUT2D eigenvalue weighted by Gasteiger charge is -2.29. The van der Waals surface area contributed by atoms with Gasteiger partial charge in [-0.05, 0) is 18.2 Å². The first kappa shape index (κ1) is 14.5. The third kappa shape index (κ3) is 2.24. The fraction of sp³-hybridized carbons (Fsp3) is 0.0769. The molecule has 0 saturated carbocycles. The Labute approximate surface area is 125 Å². The monoisotopic (exact) mass is 324 g/mol. The van der Waals surface area contributed by atoms with E-state index in [1.165, 1.54) is 18.3 Å². The molecule has 6 nitrogen and oxygen atoms in total. The number of amidine groups is 1. The number of rotatable bonds is 2. The van der Waals surface area contributed by atoms with Crippen molar-refractivity contribution in [1.29, 1.82) is 0 Å². The quantitative estimate of drug-likeness (QED) is 0.905. The summed E-state index contributed by atoms with van der Waals surface area (Å²) in [6, 6.07) is 6.29. The van der Waals surface area contributed by atoms with Crippen molar-refractivity contribution in [3.8, 4) is 0 Å². The summed E-state index contributed by atoms with van der Waals surface area (Å²) in [5.41, 5.74) is 2.92. The van der Waals surface area contributed by atoms with Crippen LogP contribution >= 0.6 is 0 Å². The van der Waals surface area contributed by atoms with Crippen LogP contribution in [0.5, 0.6) is 0 Å². The smallest absolute Gasteiger partial charge is 0.256 e. The highest BCUT2D eigenvalue weighted by Crippen LogP contribution is 2.33. The van der Waals surface area contributed by atoms with Gasteiger partial charge < -0.3 is 0 Å². The molecule has 114 valence electrons. The minimum atomic E-state index is -4.16. The number of pyridine rings is 1. The number of sulfonamides is 1. The van der Waals surface area contributed by atoms with E-state index < -0.39 is 26.6 Å². The normalized spacial score (nSPS) is 16.1. The molecule has 1 aliphatic heterocycles. The van der Waals surface area contributed by atoms with Crippen LogP contribution in [0.1, 0.15) is 5.69 Å². The SMILES string of the molecule is CNN1C(c2ccccn2)=NS(=O)(=O)c2cc(F)c(F)cc21. The second-order valence-corrected chi connectivity index (χ2v) is 5.97. The van der Waals surface area contributed by atoms with Crippen molar-refractivity contribution in [1.82, 2.24) is 10.4 Å². The average Bonchev–Trinajstić information content (AvgIpc) is 2.50. The maximum absolute atomic E-state index is 13.5. The molecule has 0 amide bonds. The number of anilines is 1. The molecule has 1 aromatic carbocycles. The first-order valence-corrected chi connectivity index (χ1v) is 7.61. The van der Waals surface area contributed by atoms with Gasteiger partial charge in [0, 0.05) is 19.3 Å². The molecule has 0 bridgehead atoms. The first-order valence-electron chi connectivity index (χ1n) is 6.17. The zero-order valence-corrected chi connectivity index (χ0v) is 12.1. The van der Waals surface area contributed by atoms with Crippen LogP contribution in [-0.4, -0.2) is 26.3 Å². The number of hydrogen-bond donors (Lipinski definition) is 1. The minimum Gasteiger partial charge on any atom is -0.256 e. The molecular formula is C13H10F2N4O2S. The standard InChI is InChI=1S/C13H10F2N4O2S/c1-16-19-11-6-8(14)9(15)7-12(11)22(20,21)18-13(19)10-4-2-3-5-17-10/h2-7,16H,1H3. The van der Waals surface area contributed by atoms with Crippen molar-refractivity contribution in [2.24, 2.45) is 4.40 Å². The third-order valence-electron chi connectivity index (χ3n) is 3.06. The summed E-state index contributed by atoms with van der Waals surface area (Å²) < 4.78 is 55.0. The van der Waals surface area contributed by atoms with E-state index in [0.29, 0.717) is 6.07 Å². The minimum absolute atomic E-state index is 0.0263. The van der Waals surface area contributed by atoms with Crippen LogP contribution in [0, 0.1) is 11.6 Å². The predicted molar refractivity (Wildman–Crippen MR) is 75.9 cm³/mol. The van der Waals surface area contributed by atoms with E-state index in [1.807, 2.05) is 0 Å². The van der Waals surface area contributed by atoms with Gasteiger partial charge in [-0.3, -0.25) is 9.99 Å². The average molecular weight is 324 g/mol. The van der Waals surface area contributed by atoms with E-state index >= 15 is 0 Å². The first-order chi connectivity index (χ1) is 10.4. The van der Waals surface area contributed by atoms with Crippen molar-refractivity contribution in [2.75, 3.05) is 12.1 Å². The number of nitrogens with zero attached hydrogens (tertiary/aromatic N) is 3. The Morgan fingerprint density at radius 2 is 1.91 bits per heavy atom. The van der Waals surface area contributed by atoms with E-state index in [4.69, 9.17) is 0 Å². The van der Waals surface area contributed by atoms with E-state index in [2.05, 4.69) is 14.8 Å². The highest BCUT2D eigenvalue weighted by molar-refractivity contribution is 7.90. The summed E-state index contributed by atoms with van der Waals surface area (Å²) in [7, 11) is -2.66. The molecule has 0 radical (unpaired) electrons. The molecule has 1 aromatic heterocycles. The molecule has 0 fully saturated rings. The van der Waals surface area contributed by atoms with Crippen molar-refractivity contribution < 1.29 is 17.2 Å². The maximum Gasteiger partial charge on any atom is 0.286 e. The summed E-state index contributed by atoms with van der Waals surface area (Å²) in [5, 5.41) is 1.24. The fourth-order valence-electron chi connectivity index (χ4n) is 2.10. The fourth-order valence-corrected chi connectivity index (χ4v) is 3.27. The van der Waals surface area contributed by atoms with Gasteiger partial charge in [-0.1, -0.05) is 6.07 Å². The van der Waals surface area contributed by atoms with Crippen LogP contribution in [0.2, 0.25) is 0 Å². The summed E-state index contributed by atoms with van der Waals surface area (Å²) in [6.45, 7) is 0. The van der Waals surface area contributed by atoms with Crippen molar-refractivity contribution in [3.63, 3.8) is 0 Å². The van der Waals surface area contributed by atoms with Crippen LogP contribution in [-0.2, 0) is 10.0 Å². The zero-order chi connectivity index (χ0) is 15.9. The number of fused-ring (bicyclic) bond motifs is 1. The summed E-state index contributed by atoms with van der Waals surface area (Å²) in [5.74, 6) is -2.44.